The first-order valence-electron chi connectivity index (χ1n) is 33.0. The number of aromatic nitrogens is 24. The fourth-order valence-corrected chi connectivity index (χ4v) is 10.2. The molecule has 5 atom stereocenters. The highest BCUT2D eigenvalue weighted by atomic mass is 16.5. The molecular formula is C65H99N31O. The third kappa shape index (κ3) is 16.8. The molecule has 12 aromatic rings. The number of nitrogens with zero attached hydrogens (tertiary/aromatic N) is 25. The van der Waals surface area contributed by atoms with Gasteiger partial charge in [0.2, 0.25) is 5.95 Å². The SMILES string of the molecule is CC(C)C(C)n1cnc2c(N)nc(N3CCOCC3)nc21.CC(C)Cn1cnc2c(N)ncnc21.CC(C)[C@@H](C)n1cnc2c(N)ncnc21.CC(C)[C@H](C)n1cnc2c(N)ncnc21.Cc1nc(N)c2ncn([C@@H](C)C(C)C)c2n1.Cc1nc(N)c2ncn([C@H](C)C(C)C)c2n1. The molecule has 1 aliphatic rings. The van der Waals surface area contributed by atoms with E-state index in [-0.39, 0.29) is 0 Å². The number of aryl methyl sites for hydroxylation is 2. The summed E-state index contributed by atoms with van der Waals surface area (Å²) < 4.78 is 17.7. The maximum absolute atomic E-state index is 6.07. The molecule has 1 unspecified atom stereocenters. The zero-order valence-electron chi connectivity index (χ0n) is 59.6. The van der Waals surface area contributed by atoms with E-state index in [4.69, 9.17) is 44.1 Å². The molecule has 13 heterocycles. The minimum atomic E-state index is 0.307. The minimum Gasteiger partial charge on any atom is -0.382 e. The Morgan fingerprint density at radius 2 is 0.619 bits per heavy atom. The second-order valence-corrected chi connectivity index (χ2v) is 26.6. The molecule has 1 saturated heterocycles. The largest absolute Gasteiger partial charge is 0.382 e. The topological polar surface area (TPSA) is 430 Å². The van der Waals surface area contributed by atoms with Crippen LogP contribution in [0.3, 0.4) is 0 Å². The predicted octanol–water partition coefficient (Wildman–Crippen LogP) is 9.65. The van der Waals surface area contributed by atoms with E-state index in [2.05, 4.69) is 221 Å². The molecule has 0 bridgehead atoms. The summed E-state index contributed by atoms with van der Waals surface area (Å²) in [5, 5.41) is 0. The average molecular weight is 1330 g/mol. The van der Waals surface area contributed by atoms with Crippen molar-refractivity contribution in [3.05, 3.63) is 68.6 Å². The fourth-order valence-electron chi connectivity index (χ4n) is 10.2. The zero-order chi connectivity index (χ0) is 70.9. The first-order valence-corrected chi connectivity index (χ1v) is 33.0. The first kappa shape index (κ1) is 72.7. The Kier molecular flexibility index (Phi) is 23.7. The molecule has 32 heteroatoms. The summed E-state index contributed by atoms with van der Waals surface area (Å²) in [6, 6.07) is 1.70. The fraction of sp³-hybridized carbons (Fsp3) is 0.538. The van der Waals surface area contributed by atoms with Crippen molar-refractivity contribution in [1.29, 1.82) is 0 Å². The number of ether oxygens (including phenoxy) is 1. The lowest BCUT2D eigenvalue weighted by Crippen LogP contribution is -2.37. The van der Waals surface area contributed by atoms with Crippen molar-refractivity contribution in [1.82, 2.24) is 117 Å². The number of nitrogens with two attached hydrogens (primary N) is 6. The van der Waals surface area contributed by atoms with E-state index >= 15 is 0 Å². The van der Waals surface area contributed by atoms with Crippen molar-refractivity contribution in [3.63, 3.8) is 0 Å². The molecule has 97 heavy (non-hydrogen) atoms. The summed E-state index contributed by atoms with van der Waals surface area (Å²) >= 11 is 0. The van der Waals surface area contributed by atoms with Crippen LogP contribution < -0.4 is 39.3 Å². The van der Waals surface area contributed by atoms with Crippen LogP contribution in [0.25, 0.3) is 67.0 Å². The first-order chi connectivity index (χ1) is 46.0. The van der Waals surface area contributed by atoms with Gasteiger partial charge in [-0.1, -0.05) is 83.1 Å². The lowest BCUT2D eigenvalue weighted by Gasteiger charge is -2.27. The second kappa shape index (κ2) is 31.6. The van der Waals surface area contributed by atoms with Crippen LogP contribution >= 0.6 is 0 Å². The van der Waals surface area contributed by atoms with Crippen LogP contribution in [0, 0.1) is 49.4 Å². The van der Waals surface area contributed by atoms with Gasteiger partial charge in [-0.3, -0.25) is 0 Å². The smallest absolute Gasteiger partial charge is 0.229 e. The predicted molar refractivity (Wildman–Crippen MR) is 384 cm³/mol. The molecule has 12 aromatic heterocycles. The van der Waals surface area contributed by atoms with E-state index in [1.54, 1.807) is 31.6 Å². The Morgan fingerprint density at radius 3 is 0.959 bits per heavy atom. The van der Waals surface area contributed by atoms with Gasteiger partial charge in [-0.05, 0) is 84.0 Å². The van der Waals surface area contributed by atoms with Crippen LogP contribution in [0.15, 0.2) is 56.9 Å². The lowest BCUT2D eigenvalue weighted by molar-refractivity contribution is 0.122. The van der Waals surface area contributed by atoms with Crippen molar-refractivity contribution in [2.45, 2.75) is 168 Å². The highest BCUT2D eigenvalue weighted by molar-refractivity contribution is 5.85. The zero-order valence-corrected chi connectivity index (χ0v) is 59.6. The average Bonchev–Trinajstić information content (AvgIpc) is 1.77. The molecule has 0 aromatic carbocycles. The molecule has 0 saturated carbocycles. The number of hydrogen-bond acceptors (Lipinski definition) is 26. The molecule has 520 valence electrons. The molecule has 32 nitrogen and oxygen atoms in total. The highest BCUT2D eigenvalue weighted by Crippen LogP contribution is 2.30. The maximum Gasteiger partial charge on any atom is 0.229 e. The molecular weight excluding hydrogens is 1230 g/mol. The molecule has 0 amide bonds. The van der Waals surface area contributed by atoms with Crippen LogP contribution in [-0.2, 0) is 11.3 Å². The summed E-state index contributed by atoms with van der Waals surface area (Å²) in [5.74, 6) is 7.85. The number of rotatable bonds is 13. The van der Waals surface area contributed by atoms with Gasteiger partial charge in [-0.25, -0.2) is 79.7 Å². The van der Waals surface area contributed by atoms with E-state index in [0.29, 0.717) is 165 Å². The van der Waals surface area contributed by atoms with Crippen molar-refractivity contribution < 1.29 is 4.74 Å². The summed E-state index contributed by atoms with van der Waals surface area (Å²) in [5.41, 5.74) is 43.8. The molecule has 0 spiro atoms. The molecule has 1 aliphatic heterocycles. The number of morpholine rings is 1. The van der Waals surface area contributed by atoms with Crippen molar-refractivity contribution in [2.24, 2.45) is 35.5 Å². The number of anilines is 7. The summed E-state index contributed by atoms with van der Waals surface area (Å²) in [4.78, 5) is 78.2. The van der Waals surface area contributed by atoms with E-state index in [9.17, 15) is 0 Å². The Hall–Kier alpha value is -10.1. The Labute approximate surface area is 565 Å². The summed E-state index contributed by atoms with van der Waals surface area (Å²) in [6.07, 6.45) is 15.1. The Balaban J connectivity index is 0.000000149. The number of nitrogen functional groups attached to an aromatic ring is 6. The van der Waals surface area contributed by atoms with Crippen molar-refractivity contribution in [3.8, 4) is 0 Å². The quantitative estimate of drug-likeness (QED) is 0.0625. The standard InChI is InChI=1S/C14H22N6O.2C11H17N5.2C10H15N5.C9H13N5/c1-9(2)10(3)20-8-16-11-12(15)17-14(18-13(11)20)19-4-6-21-7-5-19;2*1-6(2)7(3)16-5-13-9-10(12)14-8(4)15-11(9)16;2*1-6(2)7(3)15-5-14-8-9(11)12-4-13-10(8)15;1-6(2)3-14-5-13-7-8(10)11-4-12-9(7)14/h8-10H,4-7H2,1-3H3,(H2,15,17,18);2*5-7H,1-4H3,(H2,12,14,15);2*4-7H,1-3H3,(H2,11,12,13);4-6H,3H2,1-2H3,(H2,10,11,12)/t;4*7-;/m.1010./s1. The van der Waals surface area contributed by atoms with Crippen LogP contribution in [0.2, 0.25) is 0 Å². The monoisotopic (exact) mass is 1330 g/mol. The number of hydrogen-bond donors (Lipinski definition) is 6. The van der Waals surface area contributed by atoms with Crippen LogP contribution in [-0.4, -0.2) is 143 Å². The van der Waals surface area contributed by atoms with E-state index < -0.39 is 0 Å². The minimum absolute atomic E-state index is 0.307. The molecule has 13 rings (SSSR count). The number of imidazole rings is 6. The van der Waals surface area contributed by atoms with Crippen molar-refractivity contribution in [2.75, 3.05) is 65.6 Å². The third-order valence-electron chi connectivity index (χ3n) is 17.6. The van der Waals surface area contributed by atoms with Crippen molar-refractivity contribution >= 4 is 108 Å². The van der Waals surface area contributed by atoms with E-state index in [0.717, 1.165) is 53.5 Å². The van der Waals surface area contributed by atoms with Gasteiger partial charge in [0.15, 0.2) is 68.8 Å². The second-order valence-electron chi connectivity index (χ2n) is 26.6. The molecule has 12 N–H and O–H groups in total. The van der Waals surface area contributed by atoms with Crippen LogP contribution in [0.4, 0.5) is 40.9 Å². The molecule has 1 fully saturated rings. The third-order valence-corrected chi connectivity index (χ3v) is 17.6. The lowest BCUT2D eigenvalue weighted by atomic mass is 10.1. The molecule has 0 aliphatic carbocycles. The Bertz CT molecular complexity index is 4340. The van der Waals surface area contributed by atoms with E-state index in [1.807, 2.05) is 33.9 Å². The Morgan fingerprint density at radius 1 is 0.330 bits per heavy atom. The van der Waals surface area contributed by atoms with Gasteiger partial charge in [-0.2, -0.15) is 9.97 Å². The van der Waals surface area contributed by atoms with Gasteiger partial charge in [0.25, 0.3) is 0 Å². The van der Waals surface area contributed by atoms with E-state index in [1.165, 1.54) is 19.0 Å². The van der Waals surface area contributed by atoms with Gasteiger partial charge >= 0.3 is 0 Å². The van der Waals surface area contributed by atoms with Gasteiger partial charge in [0.05, 0.1) is 51.2 Å². The normalized spacial score (nSPS) is 14.1. The summed E-state index contributed by atoms with van der Waals surface area (Å²) in [7, 11) is 0. The summed E-state index contributed by atoms with van der Waals surface area (Å²) in [6.45, 7) is 44.3. The van der Waals surface area contributed by atoms with Gasteiger partial charge < -0.3 is 71.4 Å². The van der Waals surface area contributed by atoms with Crippen LogP contribution in [0.5, 0.6) is 0 Å². The van der Waals surface area contributed by atoms with Gasteiger partial charge in [-0.15, -0.1) is 0 Å². The number of fused-ring (bicyclic) bond motifs is 6. The van der Waals surface area contributed by atoms with Gasteiger partial charge in [0, 0.05) is 49.8 Å². The van der Waals surface area contributed by atoms with Gasteiger partial charge in [0.1, 0.15) is 63.7 Å². The van der Waals surface area contributed by atoms with Crippen LogP contribution in [0.1, 0.15) is 160 Å². The maximum atomic E-state index is 6.07. The molecule has 0 radical (unpaired) electrons. The highest BCUT2D eigenvalue weighted by Gasteiger charge is 2.23.